The number of piperidine rings is 1. The number of rotatable bonds is 4. The van der Waals surface area contributed by atoms with Crippen LogP contribution in [0.1, 0.15) is 18.4 Å². The average Bonchev–Trinajstić information content (AvgIpc) is 2.57. The van der Waals surface area contributed by atoms with E-state index in [0.717, 1.165) is 51.3 Å². The summed E-state index contributed by atoms with van der Waals surface area (Å²) in [5.74, 6) is 0.595. The van der Waals surface area contributed by atoms with Gasteiger partial charge in [-0.25, -0.2) is 8.42 Å². The molecule has 0 amide bonds. The molecule has 3 rings (SSSR count). The normalized spacial score (nSPS) is 22.3. The Hall–Kier alpha value is -0.950. The van der Waals surface area contributed by atoms with E-state index in [9.17, 15) is 8.42 Å². The van der Waals surface area contributed by atoms with Crippen LogP contribution in [0.2, 0.25) is 0 Å². The first-order chi connectivity index (χ1) is 11.1. The number of ether oxygens (including phenoxy) is 1. The predicted molar refractivity (Wildman–Crippen MR) is 89.9 cm³/mol. The lowest BCUT2D eigenvalue weighted by Gasteiger charge is -2.35. The monoisotopic (exact) mass is 338 g/mol. The van der Waals surface area contributed by atoms with Gasteiger partial charge >= 0.3 is 0 Å². The molecule has 0 unspecified atom stereocenters. The van der Waals surface area contributed by atoms with Crippen LogP contribution in [0.5, 0.6) is 0 Å². The zero-order valence-corrected chi connectivity index (χ0v) is 14.6. The Morgan fingerprint density at radius 3 is 2.26 bits per heavy atom. The lowest BCUT2D eigenvalue weighted by Crippen LogP contribution is -2.44. The van der Waals surface area contributed by atoms with Gasteiger partial charge in [-0.1, -0.05) is 17.7 Å². The first kappa shape index (κ1) is 16.9. The van der Waals surface area contributed by atoms with Crippen LogP contribution >= 0.6 is 0 Å². The molecule has 0 spiro atoms. The number of hydrogen-bond acceptors (Lipinski definition) is 4. The highest BCUT2D eigenvalue weighted by atomic mass is 32.2. The summed E-state index contributed by atoms with van der Waals surface area (Å²) in [4.78, 5) is 2.85. The molecule has 0 aliphatic carbocycles. The third-order valence-corrected chi connectivity index (χ3v) is 6.77. The topological polar surface area (TPSA) is 49.9 Å². The Morgan fingerprint density at radius 2 is 1.65 bits per heavy atom. The number of sulfonamides is 1. The summed E-state index contributed by atoms with van der Waals surface area (Å²) in [7, 11) is -3.34. The highest BCUT2D eigenvalue weighted by Crippen LogP contribution is 2.24. The zero-order chi connectivity index (χ0) is 16.3. The Balaban J connectivity index is 1.56. The second kappa shape index (κ2) is 7.30. The molecule has 5 nitrogen and oxygen atoms in total. The second-order valence-electron chi connectivity index (χ2n) is 6.57. The summed E-state index contributed by atoms with van der Waals surface area (Å²) in [6, 6.07) is 7.14. The van der Waals surface area contributed by atoms with E-state index >= 15 is 0 Å². The summed E-state index contributed by atoms with van der Waals surface area (Å²) in [6.07, 6.45) is 1.89. The van der Waals surface area contributed by atoms with Gasteiger partial charge in [0.05, 0.1) is 18.1 Å². The summed E-state index contributed by atoms with van der Waals surface area (Å²) in [5.41, 5.74) is 1.08. The lowest BCUT2D eigenvalue weighted by atomic mass is 9.97. The molecule has 2 aliphatic rings. The molecule has 2 fully saturated rings. The minimum absolute atomic E-state index is 0.412. The predicted octanol–water partition coefficient (Wildman–Crippen LogP) is 1.73. The largest absolute Gasteiger partial charge is 0.379 e. The van der Waals surface area contributed by atoms with E-state index in [1.807, 2.05) is 19.1 Å². The van der Waals surface area contributed by atoms with Crippen LogP contribution in [-0.2, 0) is 14.8 Å². The van der Waals surface area contributed by atoms with E-state index in [2.05, 4.69) is 4.90 Å². The summed E-state index contributed by atoms with van der Waals surface area (Å²) in [6.45, 7) is 7.94. The number of benzene rings is 1. The van der Waals surface area contributed by atoms with Crippen molar-refractivity contribution in [1.82, 2.24) is 9.21 Å². The smallest absolute Gasteiger partial charge is 0.243 e. The Bertz CT molecular complexity index is 601. The molecule has 0 aromatic heterocycles. The van der Waals surface area contributed by atoms with Gasteiger partial charge in [0.15, 0.2) is 0 Å². The van der Waals surface area contributed by atoms with Crippen molar-refractivity contribution in [3.05, 3.63) is 29.8 Å². The number of aryl methyl sites for hydroxylation is 1. The van der Waals surface area contributed by atoms with Crippen molar-refractivity contribution < 1.29 is 13.2 Å². The first-order valence-electron chi connectivity index (χ1n) is 8.42. The molecule has 1 aromatic carbocycles. The quantitative estimate of drug-likeness (QED) is 0.839. The second-order valence-corrected chi connectivity index (χ2v) is 8.51. The van der Waals surface area contributed by atoms with Gasteiger partial charge in [0.1, 0.15) is 0 Å². The molecule has 0 atom stereocenters. The van der Waals surface area contributed by atoms with Crippen molar-refractivity contribution in [1.29, 1.82) is 0 Å². The molecular formula is C17H26N2O3S. The van der Waals surface area contributed by atoms with E-state index in [0.29, 0.717) is 23.9 Å². The number of nitrogens with zero attached hydrogens (tertiary/aromatic N) is 2. The van der Waals surface area contributed by atoms with Gasteiger partial charge < -0.3 is 4.74 Å². The van der Waals surface area contributed by atoms with Gasteiger partial charge in [-0.2, -0.15) is 4.31 Å². The summed E-state index contributed by atoms with van der Waals surface area (Å²) < 4.78 is 32.4. The van der Waals surface area contributed by atoms with E-state index in [1.165, 1.54) is 0 Å². The number of morpholine rings is 1. The fraction of sp³-hybridized carbons (Fsp3) is 0.647. The molecule has 128 valence electrons. The summed E-state index contributed by atoms with van der Waals surface area (Å²) in [5, 5.41) is 0. The van der Waals surface area contributed by atoms with Crippen molar-refractivity contribution >= 4 is 10.0 Å². The Morgan fingerprint density at radius 1 is 1.04 bits per heavy atom. The van der Waals surface area contributed by atoms with Crippen LogP contribution in [0.4, 0.5) is 0 Å². The van der Waals surface area contributed by atoms with Crippen molar-refractivity contribution in [2.24, 2.45) is 5.92 Å². The van der Waals surface area contributed by atoms with Gasteiger partial charge in [0, 0.05) is 32.7 Å². The van der Waals surface area contributed by atoms with Crippen molar-refractivity contribution in [2.45, 2.75) is 24.7 Å². The van der Waals surface area contributed by atoms with E-state index in [4.69, 9.17) is 4.74 Å². The lowest BCUT2D eigenvalue weighted by molar-refractivity contribution is 0.0269. The SMILES string of the molecule is Cc1ccc(S(=O)(=O)N2CCC(CN3CCOCC3)CC2)cc1. The van der Waals surface area contributed by atoms with Gasteiger partial charge in [-0.05, 0) is 37.8 Å². The average molecular weight is 338 g/mol. The van der Waals surface area contributed by atoms with Crippen LogP contribution in [-0.4, -0.2) is 63.6 Å². The van der Waals surface area contributed by atoms with Gasteiger partial charge in [0.25, 0.3) is 0 Å². The molecule has 0 bridgehead atoms. The maximum atomic E-state index is 12.7. The molecular weight excluding hydrogens is 312 g/mol. The molecule has 23 heavy (non-hydrogen) atoms. The first-order valence-corrected chi connectivity index (χ1v) is 9.86. The van der Waals surface area contributed by atoms with Crippen LogP contribution < -0.4 is 0 Å². The Kier molecular flexibility index (Phi) is 5.36. The molecule has 0 N–H and O–H groups in total. The van der Waals surface area contributed by atoms with Crippen LogP contribution in [0.3, 0.4) is 0 Å². The Labute approximate surface area is 139 Å². The highest BCUT2D eigenvalue weighted by Gasteiger charge is 2.30. The molecule has 0 saturated carbocycles. The molecule has 1 aromatic rings. The minimum atomic E-state index is -3.34. The molecule has 6 heteroatoms. The standard InChI is InChI=1S/C17H26N2O3S/c1-15-2-4-17(5-3-15)23(20,21)19-8-6-16(7-9-19)14-18-10-12-22-13-11-18/h2-5,16H,6-14H2,1H3. The van der Waals surface area contributed by atoms with E-state index < -0.39 is 10.0 Å². The van der Waals surface area contributed by atoms with Crippen molar-refractivity contribution in [3.63, 3.8) is 0 Å². The maximum Gasteiger partial charge on any atom is 0.243 e. The van der Waals surface area contributed by atoms with Crippen molar-refractivity contribution in [2.75, 3.05) is 45.9 Å². The van der Waals surface area contributed by atoms with Gasteiger partial charge in [-0.15, -0.1) is 0 Å². The third-order valence-electron chi connectivity index (χ3n) is 4.85. The molecule has 2 saturated heterocycles. The number of hydrogen-bond donors (Lipinski definition) is 0. The van der Waals surface area contributed by atoms with E-state index in [-0.39, 0.29) is 0 Å². The van der Waals surface area contributed by atoms with Gasteiger partial charge in [0.2, 0.25) is 10.0 Å². The minimum Gasteiger partial charge on any atom is -0.379 e. The molecule has 2 heterocycles. The highest BCUT2D eigenvalue weighted by molar-refractivity contribution is 7.89. The van der Waals surface area contributed by atoms with E-state index in [1.54, 1.807) is 16.4 Å². The maximum absolute atomic E-state index is 12.7. The third kappa shape index (κ3) is 4.12. The zero-order valence-electron chi connectivity index (χ0n) is 13.8. The fourth-order valence-corrected chi connectivity index (χ4v) is 4.81. The van der Waals surface area contributed by atoms with Crippen LogP contribution in [0.25, 0.3) is 0 Å². The van der Waals surface area contributed by atoms with Crippen LogP contribution in [0, 0.1) is 12.8 Å². The van der Waals surface area contributed by atoms with Crippen LogP contribution in [0.15, 0.2) is 29.2 Å². The van der Waals surface area contributed by atoms with Crippen molar-refractivity contribution in [3.8, 4) is 0 Å². The fourth-order valence-electron chi connectivity index (χ4n) is 3.34. The molecule has 2 aliphatic heterocycles. The van der Waals surface area contributed by atoms with Gasteiger partial charge in [-0.3, -0.25) is 4.90 Å². The summed E-state index contributed by atoms with van der Waals surface area (Å²) >= 11 is 0. The molecule has 0 radical (unpaired) electrons.